The summed E-state index contributed by atoms with van der Waals surface area (Å²) >= 11 is 0. The second-order valence-corrected chi connectivity index (χ2v) is 2.86. The highest BCUT2D eigenvalue weighted by atomic mass is 19.4. The molecule has 74 valence electrons. The zero-order chi connectivity index (χ0) is 10.1. The summed E-state index contributed by atoms with van der Waals surface area (Å²) < 4.78 is 36.3. The minimum atomic E-state index is -4.29. The van der Waals surface area contributed by atoms with Gasteiger partial charge in [0.05, 0.1) is 5.56 Å². The molecule has 2 nitrogen and oxygen atoms in total. The number of hydrogen-bond donors (Lipinski definition) is 2. The third-order valence-electron chi connectivity index (χ3n) is 1.87. The van der Waals surface area contributed by atoms with Gasteiger partial charge >= 0.3 is 6.18 Å². The molecule has 0 amide bonds. The number of H-pyrrole nitrogens is 1. The van der Waals surface area contributed by atoms with E-state index in [1.807, 2.05) is 6.92 Å². The molecule has 0 unspecified atom stereocenters. The van der Waals surface area contributed by atoms with Gasteiger partial charge in [0.25, 0.3) is 0 Å². The number of halogens is 3. The largest absolute Gasteiger partial charge is 0.417 e. The molecule has 0 saturated carbocycles. The van der Waals surface area contributed by atoms with E-state index in [1.165, 1.54) is 0 Å². The first-order valence-electron chi connectivity index (χ1n) is 3.96. The molecule has 0 bridgehead atoms. The van der Waals surface area contributed by atoms with E-state index in [0.29, 0.717) is 12.1 Å². The quantitative estimate of drug-likeness (QED) is 0.742. The minimum Gasteiger partial charge on any atom is -0.363 e. The maximum absolute atomic E-state index is 12.1. The lowest BCUT2D eigenvalue weighted by atomic mass is 10.1. The van der Waals surface area contributed by atoms with Crippen LogP contribution in [0.3, 0.4) is 0 Å². The second kappa shape index (κ2) is 3.41. The van der Waals surface area contributed by atoms with Gasteiger partial charge in [-0.3, -0.25) is 0 Å². The van der Waals surface area contributed by atoms with Crippen LogP contribution in [0.15, 0.2) is 12.3 Å². The topological polar surface area (TPSA) is 41.8 Å². The van der Waals surface area contributed by atoms with Gasteiger partial charge in [-0.25, -0.2) is 0 Å². The Morgan fingerprint density at radius 2 is 2.15 bits per heavy atom. The van der Waals surface area contributed by atoms with E-state index < -0.39 is 11.7 Å². The highest BCUT2D eigenvalue weighted by molar-refractivity contribution is 5.21. The highest BCUT2D eigenvalue weighted by Crippen LogP contribution is 2.30. The number of aromatic amines is 1. The molecule has 0 aromatic carbocycles. The third-order valence-corrected chi connectivity index (χ3v) is 1.87. The van der Waals surface area contributed by atoms with Crippen molar-refractivity contribution in [2.45, 2.75) is 25.6 Å². The molecule has 0 spiro atoms. The fourth-order valence-corrected chi connectivity index (χ4v) is 1.01. The van der Waals surface area contributed by atoms with Gasteiger partial charge in [-0.05, 0) is 12.5 Å². The van der Waals surface area contributed by atoms with Gasteiger partial charge in [-0.2, -0.15) is 13.2 Å². The van der Waals surface area contributed by atoms with Crippen molar-refractivity contribution >= 4 is 0 Å². The molecular weight excluding hydrogens is 181 g/mol. The van der Waals surface area contributed by atoms with Crippen LogP contribution in [0.4, 0.5) is 13.2 Å². The van der Waals surface area contributed by atoms with Gasteiger partial charge in [0.1, 0.15) is 0 Å². The molecule has 1 aromatic heterocycles. The van der Waals surface area contributed by atoms with Crippen LogP contribution < -0.4 is 5.73 Å². The number of hydrogen-bond acceptors (Lipinski definition) is 1. The van der Waals surface area contributed by atoms with E-state index >= 15 is 0 Å². The van der Waals surface area contributed by atoms with Gasteiger partial charge in [-0.1, -0.05) is 6.92 Å². The molecule has 0 aliphatic rings. The Hall–Kier alpha value is -0.970. The molecule has 0 radical (unpaired) electrons. The first-order valence-corrected chi connectivity index (χ1v) is 3.96. The molecule has 1 aromatic rings. The van der Waals surface area contributed by atoms with Gasteiger partial charge in [0.2, 0.25) is 0 Å². The molecule has 0 fully saturated rings. The number of alkyl halides is 3. The molecule has 0 aliphatic heterocycles. The predicted octanol–water partition coefficient (Wildman–Crippen LogP) is 2.44. The lowest BCUT2D eigenvalue weighted by Crippen LogP contribution is -2.09. The molecular formula is C8H11F3N2. The van der Waals surface area contributed by atoms with Crippen molar-refractivity contribution in [2.24, 2.45) is 5.73 Å². The molecule has 1 atom stereocenters. The van der Waals surface area contributed by atoms with Crippen LogP contribution in [0.5, 0.6) is 0 Å². The van der Waals surface area contributed by atoms with Crippen LogP contribution in [0.1, 0.15) is 30.6 Å². The zero-order valence-corrected chi connectivity index (χ0v) is 7.15. The van der Waals surface area contributed by atoms with Crippen LogP contribution in [-0.4, -0.2) is 4.98 Å². The van der Waals surface area contributed by atoms with E-state index in [9.17, 15) is 13.2 Å². The standard InChI is InChI=1S/C8H11F3N2/c1-2-6(12)7-3-5(4-13-7)8(9,10)11/h3-4,6,13H,2,12H2,1H3/t6-/m0/s1. The molecule has 0 saturated heterocycles. The van der Waals surface area contributed by atoms with Crippen LogP contribution in [-0.2, 0) is 6.18 Å². The van der Waals surface area contributed by atoms with Crippen LogP contribution in [0.25, 0.3) is 0 Å². The van der Waals surface area contributed by atoms with E-state index in [1.54, 1.807) is 0 Å². The summed E-state index contributed by atoms with van der Waals surface area (Å²) in [6.45, 7) is 1.82. The fraction of sp³-hybridized carbons (Fsp3) is 0.500. The van der Waals surface area contributed by atoms with E-state index in [4.69, 9.17) is 5.73 Å². The Labute approximate surface area is 73.9 Å². The number of nitrogens with one attached hydrogen (secondary N) is 1. The van der Waals surface area contributed by atoms with Crippen molar-refractivity contribution in [3.63, 3.8) is 0 Å². The fourth-order valence-electron chi connectivity index (χ4n) is 1.01. The van der Waals surface area contributed by atoms with E-state index in [-0.39, 0.29) is 6.04 Å². The predicted molar refractivity (Wildman–Crippen MR) is 43.0 cm³/mol. The van der Waals surface area contributed by atoms with E-state index in [2.05, 4.69) is 4.98 Å². The summed E-state index contributed by atoms with van der Waals surface area (Å²) in [6.07, 6.45) is -2.75. The van der Waals surface area contributed by atoms with E-state index in [0.717, 1.165) is 12.3 Å². The summed E-state index contributed by atoms with van der Waals surface area (Å²) in [7, 11) is 0. The third kappa shape index (κ3) is 2.24. The summed E-state index contributed by atoms with van der Waals surface area (Å²) in [5, 5.41) is 0. The molecule has 13 heavy (non-hydrogen) atoms. The van der Waals surface area contributed by atoms with Crippen molar-refractivity contribution in [3.05, 3.63) is 23.5 Å². The molecule has 0 aliphatic carbocycles. The monoisotopic (exact) mass is 192 g/mol. The summed E-state index contributed by atoms with van der Waals surface area (Å²) in [5.74, 6) is 0. The first-order chi connectivity index (χ1) is 5.95. The van der Waals surface area contributed by atoms with Crippen LogP contribution in [0.2, 0.25) is 0 Å². The zero-order valence-electron chi connectivity index (χ0n) is 7.15. The molecule has 3 N–H and O–H groups in total. The summed E-state index contributed by atoms with van der Waals surface area (Å²) in [5.41, 5.74) is 5.30. The van der Waals surface area contributed by atoms with Crippen molar-refractivity contribution in [3.8, 4) is 0 Å². The Morgan fingerprint density at radius 3 is 2.54 bits per heavy atom. The first kappa shape index (κ1) is 10.1. The number of aromatic nitrogens is 1. The Balaban J connectivity index is 2.87. The van der Waals surface area contributed by atoms with Gasteiger partial charge in [0, 0.05) is 17.9 Å². The summed E-state index contributed by atoms with van der Waals surface area (Å²) in [4.78, 5) is 2.52. The van der Waals surface area contributed by atoms with Gasteiger partial charge in [0.15, 0.2) is 0 Å². The molecule has 5 heteroatoms. The lowest BCUT2D eigenvalue weighted by molar-refractivity contribution is -0.137. The molecule has 1 heterocycles. The van der Waals surface area contributed by atoms with Crippen LogP contribution in [0, 0.1) is 0 Å². The Morgan fingerprint density at radius 1 is 1.54 bits per heavy atom. The van der Waals surface area contributed by atoms with Crippen molar-refractivity contribution in [1.82, 2.24) is 4.98 Å². The summed E-state index contributed by atoms with van der Waals surface area (Å²) in [6, 6.07) is 0.699. The minimum absolute atomic E-state index is 0.351. The molecule has 1 rings (SSSR count). The lowest BCUT2D eigenvalue weighted by Gasteiger charge is -2.05. The normalized spacial score (nSPS) is 14.5. The maximum atomic E-state index is 12.1. The SMILES string of the molecule is CC[C@H](N)c1cc(C(F)(F)F)c[nH]1. The average molecular weight is 192 g/mol. The van der Waals surface area contributed by atoms with Crippen molar-refractivity contribution in [1.29, 1.82) is 0 Å². The number of rotatable bonds is 2. The second-order valence-electron chi connectivity index (χ2n) is 2.86. The van der Waals surface area contributed by atoms with Crippen molar-refractivity contribution in [2.75, 3.05) is 0 Å². The smallest absolute Gasteiger partial charge is 0.363 e. The Kier molecular flexibility index (Phi) is 2.66. The average Bonchev–Trinajstić information content (AvgIpc) is 2.50. The van der Waals surface area contributed by atoms with Gasteiger partial charge in [-0.15, -0.1) is 0 Å². The maximum Gasteiger partial charge on any atom is 0.417 e. The number of nitrogens with two attached hydrogens (primary N) is 1. The highest BCUT2D eigenvalue weighted by Gasteiger charge is 2.31. The Bertz CT molecular complexity index is 277. The van der Waals surface area contributed by atoms with Crippen molar-refractivity contribution < 1.29 is 13.2 Å². The van der Waals surface area contributed by atoms with Crippen LogP contribution >= 0.6 is 0 Å². The van der Waals surface area contributed by atoms with Gasteiger partial charge < -0.3 is 10.7 Å².